The van der Waals surface area contributed by atoms with Gasteiger partial charge in [0.25, 0.3) is 0 Å². The number of hydrogen-bond acceptors (Lipinski definition) is 2. The largest absolute Gasteiger partial charge is 0.358 e. The minimum atomic E-state index is -0.0475. The van der Waals surface area contributed by atoms with Crippen LogP contribution in [-0.2, 0) is 4.79 Å². The highest BCUT2D eigenvalue weighted by molar-refractivity contribution is 5.87. The molecule has 112 valence electrons. The van der Waals surface area contributed by atoms with E-state index in [0.717, 1.165) is 25.5 Å². The van der Waals surface area contributed by atoms with E-state index in [1.165, 1.54) is 11.1 Å². The third-order valence-electron chi connectivity index (χ3n) is 3.55. The van der Waals surface area contributed by atoms with E-state index in [2.05, 4.69) is 50.9 Å². The van der Waals surface area contributed by atoms with E-state index in [1.54, 1.807) is 14.1 Å². The van der Waals surface area contributed by atoms with Crippen molar-refractivity contribution in [1.29, 1.82) is 0 Å². The molecule has 1 aliphatic heterocycles. The topological polar surface area (TPSA) is 56.7 Å². The fourth-order valence-electron chi connectivity index (χ4n) is 2.36. The number of likely N-dealkylation sites (N-methyl/N-ethyl adjacent to an activating group) is 1. The molecule has 0 atom stereocenters. The molecule has 0 spiro atoms. The molecule has 5 heteroatoms. The van der Waals surface area contributed by atoms with Gasteiger partial charge >= 0.3 is 0 Å². The van der Waals surface area contributed by atoms with Crippen LogP contribution in [-0.4, -0.2) is 50.5 Å². The number of amides is 1. The molecule has 0 aliphatic carbocycles. The van der Waals surface area contributed by atoms with Crippen molar-refractivity contribution in [2.24, 2.45) is 4.99 Å². The predicted octanol–water partition coefficient (Wildman–Crippen LogP) is 1.10. The van der Waals surface area contributed by atoms with Crippen LogP contribution in [0.5, 0.6) is 0 Å². The summed E-state index contributed by atoms with van der Waals surface area (Å²) in [4.78, 5) is 17.7. The lowest BCUT2D eigenvalue weighted by Crippen LogP contribution is -2.46. The van der Waals surface area contributed by atoms with Gasteiger partial charge in [-0.1, -0.05) is 36.4 Å². The van der Waals surface area contributed by atoms with Crippen molar-refractivity contribution in [3.05, 3.63) is 42.0 Å². The summed E-state index contributed by atoms with van der Waals surface area (Å²) in [6, 6.07) is 10.4. The lowest BCUT2D eigenvalue weighted by atomic mass is 10.00. The van der Waals surface area contributed by atoms with Crippen LogP contribution >= 0.6 is 0 Å². The maximum Gasteiger partial charge on any atom is 0.239 e. The Morgan fingerprint density at radius 3 is 2.67 bits per heavy atom. The predicted molar refractivity (Wildman–Crippen MR) is 86.0 cm³/mol. The molecule has 0 radical (unpaired) electrons. The standard InChI is InChI=1S/C16H22N4O/c1-17-15(21)12-19-16(18-2)20-10-8-14(9-11-20)13-6-4-3-5-7-13/h3-8H,9-12H2,1-2H3,(H,17,21)(H,18,19). The molecule has 2 N–H and O–H groups in total. The van der Waals surface area contributed by atoms with Crippen LogP contribution in [0, 0.1) is 0 Å². The Morgan fingerprint density at radius 2 is 2.10 bits per heavy atom. The summed E-state index contributed by atoms with van der Waals surface area (Å²) >= 11 is 0. The molecule has 1 amide bonds. The first-order valence-corrected chi connectivity index (χ1v) is 7.15. The van der Waals surface area contributed by atoms with Crippen molar-refractivity contribution in [1.82, 2.24) is 15.5 Å². The molecule has 1 aromatic carbocycles. The van der Waals surface area contributed by atoms with Crippen LogP contribution in [0.1, 0.15) is 12.0 Å². The summed E-state index contributed by atoms with van der Waals surface area (Å²) in [7, 11) is 3.37. The molecule has 2 rings (SSSR count). The fraction of sp³-hybridized carbons (Fsp3) is 0.375. The Kier molecular flexibility index (Phi) is 5.37. The third kappa shape index (κ3) is 4.08. The number of carbonyl (C=O) groups excluding carboxylic acids is 1. The molecular weight excluding hydrogens is 264 g/mol. The molecule has 0 unspecified atom stereocenters. The molecule has 21 heavy (non-hydrogen) atoms. The number of rotatable bonds is 3. The van der Waals surface area contributed by atoms with E-state index in [4.69, 9.17) is 0 Å². The maximum atomic E-state index is 11.3. The summed E-state index contributed by atoms with van der Waals surface area (Å²) < 4.78 is 0. The van der Waals surface area contributed by atoms with Crippen LogP contribution < -0.4 is 10.6 Å². The maximum absolute atomic E-state index is 11.3. The average molecular weight is 286 g/mol. The van der Waals surface area contributed by atoms with Gasteiger partial charge in [0.05, 0.1) is 6.54 Å². The number of aliphatic imine (C=N–C) groups is 1. The van der Waals surface area contributed by atoms with Gasteiger partial charge in [0.15, 0.2) is 5.96 Å². The zero-order valence-corrected chi connectivity index (χ0v) is 12.6. The van der Waals surface area contributed by atoms with Crippen LogP contribution in [0.25, 0.3) is 5.57 Å². The monoisotopic (exact) mass is 286 g/mol. The van der Waals surface area contributed by atoms with Gasteiger partial charge in [0.1, 0.15) is 0 Å². The van der Waals surface area contributed by atoms with Gasteiger partial charge in [-0.2, -0.15) is 0 Å². The summed E-state index contributed by atoms with van der Waals surface area (Å²) in [6.45, 7) is 1.95. The summed E-state index contributed by atoms with van der Waals surface area (Å²) in [5.74, 6) is 0.718. The van der Waals surface area contributed by atoms with Gasteiger partial charge in [-0.05, 0) is 17.6 Å². The SMILES string of the molecule is CN=C(NCC(=O)NC)N1CC=C(c2ccccc2)CC1. The number of carbonyl (C=O) groups is 1. The molecule has 0 saturated heterocycles. The van der Waals surface area contributed by atoms with Gasteiger partial charge < -0.3 is 15.5 Å². The Morgan fingerprint density at radius 1 is 1.33 bits per heavy atom. The fourth-order valence-corrected chi connectivity index (χ4v) is 2.36. The van der Waals surface area contributed by atoms with Crippen LogP contribution in [0.3, 0.4) is 0 Å². The molecule has 1 aliphatic rings. The Hall–Kier alpha value is -2.30. The van der Waals surface area contributed by atoms with E-state index in [9.17, 15) is 4.79 Å². The first kappa shape index (κ1) is 15.1. The normalized spacial score (nSPS) is 15.4. The number of guanidine groups is 1. The Labute approximate surface area is 125 Å². The first-order chi connectivity index (χ1) is 10.2. The first-order valence-electron chi connectivity index (χ1n) is 7.15. The second-order valence-corrected chi connectivity index (χ2v) is 4.87. The molecular formula is C16H22N4O. The van der Waals surface area contributed by atoms with Gasteiger partial charge in [-0.3, -0.25) is 9.79 Å². The highest BCUT2D eigenvalue weighted by Crippen LogP contribution is 2.21. The lowest BCUT2D eigenvalue weighted by molar-refractivity contribution is -0.119. The number of nitrogens with zero attached hydrogens (tertiary/aromatic N) is 2. The molecule has 5 nitrogen and oxygen atoms in total. The second-order valence-electron chi connectivity index (χ2n) is 4.87. The van der Waals surface area contributed by atoms with E-state index < -0.39 is 0 Å². The molecule has 0 aromatic heterocycles. The summed E-state index contributed by atoms with van der Waals surface area (Å²) in [5.41, 5.74) is 2.65. The molecule has 0 fully saturated rings. The van der Waals surface area contributed by atoms with Crippen molar-refractivity contribution in [3.63, 3.8) is 0 Å². The van der Waals surface area contributed by atoms with E-state index in [0.29, 0.717) is 0 Å². The van der Waals surface area contributed by atoms with Crippen LogP contribution in [0.15, 0.2) is 41.4 Å². The Bertz CT molecular complexity index is 536. The van der Waals surface area contributed by atoms with Crippen molar-refractivity contribution in [2.75, 3.05) is 33.7 Å². The van der Waals surface area contributed by atoms with Crippen molar-refractivity contribution < 1.29 is 4.79 Å². The number of benzene rings is 1. The molecule has 0 bridgehead atoms. The summed E-state index contributed by atoms with van der Waals surface area (Å²) in [5, 5.41) is 5.67. The zero-order valence-electron chi connectivity index (χ0n) is 12.6. The quantitative estimate of drug-likeness (QED) is 0.646. The Balaban J connectivity index is 1.95. The second kappa shape index (κ2) is 7.47. The number of nitrogens with one attached hydrogen (secondary N) is 2. The highest BCUT2D eigenvalue weighted by Gasteiger charge is 2.16. The molecule has 1 aromatic rings. The van der Waals surface area contributed by atoms with Gasteiger partial charge in [-0.25, -0.2) is 0 Å². The minimum Gasteiger partial charge on any atom is -0.358 e. The van der Waals surface area contributed by atoms with E-state index >= 15 is 0 Å². The third-order valence-corrected chi connectivity index (χ3v) is 3.55. The number of hydrogen-bond donors (Lipinski definition) is 2. The van der Waals surface area contributed by atoms with Crippen molar-refractivity contribution >= 4 is 17.4 Å². The molecule has 1 heterocycles. The highest BCUT2D eigenvalue weighted by atomic mass is 16.1. The molecule has 0 saturated carbocycles. The minimum absolute atomic E-state index is 0.0475. The van der Waals surface area contributed by atoms with Crippen molar-refractivity contribution in [2.45, 2.75) is 6.42 Å². The van der Waals surface area contributed by atoms with Gasteiger partial charge in [0, 0.05) is 27.2 Å². The average Bonchev–Trinajstić information content (AvgIpc) is 2.56. The summed E-state index contributed by atoms with van der Waals surface area (Å²) in [6.07, 6.45) is 3.20. The van der Waals surface area contributed by atoms with E-state index in [1.807, 2.05) is 6.07 Å². The van der Waals surface area contributed by atoms with E-state index in [-0.39, 0.29) is 12.5 Å². The van der Waals surface area contributed by atoms with Gasteiger partial charge in [0.2, 0.25) is 5.91 Å². The lowest BCUT2D eigenvalue weighted by Gasteiger charge is -2.29. The smallest absolute Gasteiger partial charge is 0.239 e. The van der Waals surface area contributed by atoms with Crippen molar-refractivity contribution in [3.8, 4) is 0 Å². The zero-order chi connectivity index (χ0) is 15.1. The van der Waals surface area contributed by atoms with Crippen LogP contribution in [0.2, 0.25) is 0 Å². The van der Waals surface area contributed by atoms with Gasteiger partial charge in [-0.15, -0.1) is 0 Å². The van der Waals surface area contributed by atoms with Crippen LogP contribution in [0.4, 0.5) is 0 Å².